The third kappa shape index (κ3) is 4.11. The molecule has 2 aromatic carbocycles. The van der Waals surface area contributed by atoms with E-state index in [0.29, 0.717) is 31.2 Å². The first-order valence-electron chi connectivity index (χ1n) is 7.82. The van der Waals surface area contributed by atoms with Crippen molar-refractivity contribution < 1.29 is 30.9 Å². The molecule has 0 saturated carbocycles. The molecule has 7 heteroatoms. The number of carbonyl (C=O) groups is 1. The van der Waals surface area contributed by atoms with Crippen LogP contribution in [-0.2, 0) is 0 Å². The minimum Gasteiger partial charge on any atom is -1.00 e. The number of piperazine rings is 1. The van der Waals surface area contributed by atoms with Crippen molar-refractivity contribution in [1.29, 1.82) is 0 Å². The van der Waals surface area contributed by atoms with Crippen molar-refractivity contribution in [3.05, 3.63) is 64.2 Å². The Hall–Kier alpha value is -1.69. The van der Waals surface area contributed by atoms with Gasteiger partial charge in [0, 0.05) is 16.7 Å². The molecule has 1 saturated heterocycles. The van der Waals surface area contributed by atoms with Gasteiger partial charge >= 0.3 is 0 Å². The van der Waals surface area contributed by atoms with Crippen LogP contribution in [0.25, 0.3) is 0 Å². The molecule has 0 unspecified atom stereocenters. The van der Waals surface area contributed by atoms with Crippen LogP contribution in [0.1, 0.15) is 15.9 Å². The van der Waals surface area contributed by atoms with Crippen LogP contribution in [0.15, 0.2) is 36.4 Å². The number of amides is 1. The second-order valence-corrected chi connectivity index (χ2v) is 6.39. The summed E-state index contributed by atoms with van der Waals surface area (Å²) >= 11 is 6.07. The summed E-state index contributed by atoms with van der Waals surface area (Å²) in [6, 6.07) is 9.21. The summed E-state index contributed by atoms with van der Waals surface area (Å²) in [6.07, 6.45) is 0. The van der Waals surface area contributed by atoms with Crippen LogP contribution >= 0.6 is 11.6 Å². The predicted molar refractivity (Wildman–Crippen MR) is 88.8 cm³/mol. The number of hydrogen-bond donors (Lipinski definition) is 1. The summed E-state index contributed by atoms with van der Waals surface area (Å²) in [6.45, 7) is 4.23. The van der Waals surface area contributed by atoms with Crippen LogP contribution in [0.5, 0.6) is 0 Å². The zero-order valence-corrected chi connectivity index (χ0v) is 15.2. The van der Waals surface area contributed by atoms with Crippen molar-refractivity contribution in [2.45, 2.75) is 6.92 Å². The average molecular weight is 387 g/mol. The highest BCUT2D eigenvalue weighted by Crippen LogP contribution is 2.18. The van der Waals surface area contributed by atoms with Gasteiger partial charge in [-0.15, -0.1) is 0 Å². The Morgan fingerprint density at radius 3 is 2.32 bits per heavy atom. The van der Waals surface area contributed by atoms with Crippen LogP contribution in [0.2, 0.25) is 5.02 Å². The molecular formula is C18H18Cl2F2N2O. The topological polar surface area (TPSA) is 24.8 Å². The fraction of sp³-hybridized carbons (Fsp3) is 0.278. The van der Waals surface area contributed by atoms with E-state index in [1.165, 1.54) is 15.9 Å². The molecule has 1 fully saturated rings. The van der Waals surface area contributed by atoms with Crippen molar-refractivity contribution >= 4 is 23.2 Å². The molecule has 0 aliphatic carbocycles. The fourth-order valence-corrected chi connectivity index (χ4v) is 3.26. The first-order chi connectivity index (χ1) is 11.5. The Morgan fingerprint density at radius 2 is 1.72 bits per heavy atom. The molecule has 0 bridgehead atoms. The van der Waals surface area contributed by atoms with Crippen LogP contribution in [0.4, 0.5) is 14.5 Å². The minimum absolute atomic E-state index is 0. The van der Waals surface area contributed by atoms with Gasteiger partial charge < -0.3 is 17.3 Å². The van der Waals surface area contributed by atoms with Gasteiger partial charge in [0.15, 0.2) is 0 Å². The molecule has 3 rings (SSSR count). The Labute approximate surface area is 156 Å². The number of nitrogens with zero attached hydrogens (tertiary/aromatic N) is 1. The number of aryl methyl sites for hydroxylation is 1. The SMILES string of the molecule is Cc1ccc(Cl)cc1[NH+]1CCN(C(=O)c2c(F)cccc2F)CC1.[Cl-]. The summed E-state index contributed by atoms with van der Waals surface area (Å²) in [7, 11) is 0. The average Bonchev–Trinajstić information content (AvgIpc) is 2.57. The van der Waals surface area contributed by atoms with Gasteiger partial charge in [0.1, 0.15) is 22.9 Å². The molecule has 0 aromatic heterocycles. The van der Waals surface area contributed by atoms with Gasteiger partial charge in [-0.2, -0.15) is 0 Å². The summed E-state index contributed by atoms with van der Waals surface area (Å²) in [5, 5.41) is 0.676. The minimum atomic E-state index is -0.819. The molecule has 1 N–H and O–H groups in total. The highest BCUT2D eigenvalue weighted by atomic mass is 35.5. The fourth-order valence-electron chi connectivity index (χ4n) is 3.08. The normalized spacial score (nSPS) is 15.0. The summed E-state index contributed by atoms with van der Waals surface area (Å²) < 4.78 is 27.6. The third-order valence-electron chi connectivity index (χ3n) is 4.41. The lowest BCUT2D eigenvalue weighted by molar-refractivity contribution is -0.837. The molecule has 2 aromatic rings. The van der Waals surface area contributed by atoms with E-state index < -0.39 is 23.1 Å². The van der Waals surface area contributed by atoms with E-state index in [-0.39, 0.29) is 12.4 Å². The highest BCUT2D eigenvalue weighted by Gasteiger charge is 2.29. The molecular weight excluding hydrogens is 369 g/mol. The quantitative estimate of drug-likeness (QED) is 0.746. The number of hydrogen-bond acceptors (Lipinski definition) is 1. The second kappa shape index (κ2) is 8.13. The number of halogens is 4. The number of carbonyl (C=O) groups excluding carboxylic acids is 1. The maximum absolute atomic E-state index is 13.8. The van der Waals surface area contributed by atoms with E-state index in [4.69, 9.17) is 11.6 Å². The van der Waals surface area contributed by atoms with Crippen LogP contribution in [0.3, 0.4) is 0 Å². The molecule has 1 amide bonds. The first kappa shape index (κ1) is 19.6. The van der Waals surface area contributed by atoms with Gasteiger partial charge in [-0.3, -0.25) is 9.69 Å². The molecule has 1 aliphatic rings. The zero-order valence-electron chi connectivity index (χ0n) is 13.7. The van der Waals surface area contributed by atoms with Crippen molar-refractivity contribution in [3.63, 3.8) is 0 Å². The zero-order chi connectivity index (χ0) is 17.3. The smallest absolute Gasteiger partial charge is 0.260 e. The van der Waals surface area contributed by atoms with Gasteiger partial charge in [0.05, 0.1) is 26.2 Å². The molecule has 134 valence electrons. The van der Waals surface area contributed by atoms with E-state index in [9.17, 15) is 13.6 Å². The van der Waals surface area contributed by atoms with Crippen molar-refractivity contribution in [1.82, 2.24) is 4.90 Å². The predicted octanol–water partition coefficient (Wildman–Crippen LogP) is -0.397. The summed E-state index contributed by atoms with van der Waals surface area (Å²) in [5.41, 5.74) is 1.76. The summed E-state index contributed by atoms with van der Waals surface area (Å²) in [4.78, 5) is 15.1. The van der Waals surface area contributed by atoms with Gasteiger partial charge in [0.25, 0.3) is 5.91 Å². The van der Waals surface area contributed by atoms with Gasteiger partial charge in [-0.1, -0.05) is 23.7 Å². The Morgan fingerprint density at radius 1 is 1.12 bits per heavy atom. The molecule has 1 aliphatic heterocycles. The lowest BCUT2D eigenvalue weighted by Gasteiger charge is -2.32. The van der Waals surface area contributed by atoms with E-state index in [2.05, 4.69) is 0 Å². The van der Waals surface area contributed by atoms with Gasteiger partial charge in [-0.25, -0.2) is 8.78 Å². The number of benzene rings is 2. The molecule has 0 atom stereocenters. The number of rotatable bonds is 2. The van der Waals surface area contributed by atoms with Gasteiger partial charge in [-0.05, 0) is 25.1 Å². The van der Waals surface area contributed by atoms with E-state index in [1.54, 1.807) is 0 Å². The molecule has 25 heavy (non-hydrogen) atoms. The summed E-state index contributed by atoms with van der Waals surface area (Å²) in [5.74, 6) is -2.23. The Bertz CT molecular complexity index is 757. The second-order valence-electron chi connectivity index (χ2n) is 5.95. The highest BCUT2D eigenvalue weighted by molar-refractivity contribution is 6.30. The van der Waals surface area contributed by atoms with Crippen LogP contribution < -0.4 is 17.3 Å². The van der Waals surface area contributed by atoms with Crippen molar-refractivity contribution in [2.75, 3.05) is 26.2 Å². The number of quaternary nitrogens is 1. The van der Waals surface area contributed by atoms with Crippen molar-refractivity contribution in [3.8, 4) is 0 Å². The first-order valence-corrected chi connectivity index (χ1v) is 8.19. The molecule has 0 radical (unpaired) electrons. The van der Waals surface area contributed by atoms with Gasteiger partial charge in [0.2, 0.25) is 0 Å². The van der Waals surface area contributed by atoms with E-state index in [1.807, 2.05) is 25.1 Å². The maximum atomic E-state index is 13.8. The Kier molecular flexibility index (Phi) is 6.38. The van der Waals surface area contributed by atoms with Crippen LogP contribution in [0, 0.1) is 18.6 Å². The lowest BCUT2D eigenvalue weighted by atomic mass is 10.1. The standard InChI is InChI=1S/C18H17ClF2N2O.ClH/c1-12-5-6-13(19)11-16(12)22-7-9-23(10-8-22)18(24)17-14(20)3-2-4-15(17)21;/h2-6,11H,7-10H2,1H3;1H. The largest absolute Gasteiger partial charge is 1.00 e. The lowest BCUT2D eigenvalue weighted by Crippen LogP contribution is -3.10. The molecule has 3 nitrogen and oxygen atoms in total. The number of nitrogens with one attached hydrogen (secondary N) is 1. The molecule has 0 spiro atoms. The third-order valence-corrected chi connectivity index (χ3v) is 4.65. The molecule has 1 heterocycles. The maximum Gasteiger partial charge on any atom is 0.260 e. The Balaban J connectivity index is 0.00000225. The van der Waals surface area contributed by atoms with Crippen molar-refractivity contribution in [2.24, 2.45) is 0 Å². The monoisotopic (exact) mass is 386 g/mol. The van der Waals surface area contributed by atoms with E-state index in [0.717, 1.165) is 23.4 Å². The van der Waals surface area contributed by atoms with E-state index >= 15 is 0 Å². The van der Waals surface area contributed by atoms with Crippen LogP contribution in [-0.4, -0.2) is 37.0 Å².